The first-order chi connectivity index (χ1) is 13.7. The molecule has 1 saturated heterocycles. The monoisotopic (exact) mass is 411 g/mol. The van der Waals surface area contributed by atoms with E-state index in [2.05, 4.69) is 6.92 Å². The highest BCUT2D eigenvalue weighted by Crippen LogP contribution is 2.27. The molecule has 2 atom stereocenters. The highest BCUT2D eigenvalue weighted by Gasteiger charge is 2.27. The van der Waals surface area contributed by atoms with E-state index in [1.54, 1.807) is 0 Å². The van der Waals surface area contributed by atoms with E-state index in [9.17, 15) is 0 Å². The lowest BCUT2D eigenvalue weighted by molar-refractivity contribution is -0.0247. The maximum Gasteiger partial charge on any atom is 0.0486 e. The summed E-state index contributed by atoms with van der Waals surface area (Å²) in [6, 6.07) is 0.401. The van der Waals surface area contributed by atoms with Crippen LogP contribution in [0.5, 0.6) is 0 Å². The van der Waals surface area contributed by atoms with Crippen molar-refractivity contribution in [2.45, 2.75) is 153 Å². The molecule has 0 spiro atoms. The summed E-state index contributed by atoms with van der Waals surface area (Å²) >= 11 is 0. The van der Waals surface area contributed by atoms with Crippen molar-refractivity contribution in [2.24, 2.45) is 5.73 Å². The smallest absolute Gasteiger partial charge is 0.0486 e. The molecule has 2 unspecified atom stereocenters. The summed E-state index contributed by atoms with van der Waals surface area (Å²) in [6.45, 7) is 3.28. The lowest BCUT2D eigenvalue weighted by Gasteiger charge is -2.35. The fourth-order valence-corrected chi connectivity index (χ4v) is 5.45. The second-order valence-corrected chi connectivity index (χ2v) is 11.6. The van der Waals surface area contributed by atoms with E-state index in [-0.39, 0.29) is 5.22 Å². The SMILES string of the molecule is CCCCCCCCCCCCCCCCCC(N)CCC1([SiH3])CCCCO1. The molecule has 0 aromatic heterocycles. The first kappa shape index (κ1) is 26.2. The van der Waals surface area contributed by atoms with Crippen molar-refractivity contribution in [3.05, 3.63) is 0 Å². The van der Waals surface area contributed by atoms with E-state index in [1.807, 2.05) is 0 Å². The minimum absolute atomic E-state index is 0.255. The highest BCUT2D eigenvalue weighted by atomic mass is 28.1. The molecular weight excluding hydrogens is 358 g/mol. The predicted octanol–water partition coefficient (Wildman–Crippen LogP) is 6.62. The van der Waals surface area contributed by atoms with Crippen LogP contribution in [0, 0.1) is 0 Å². The summed E-state index contributed by atoms with van der Waals surface area (Å²) in [7, 11) is 1.16. The number of rotatable bonds is 19. The van der Waals surface area contributed by atoms with Gasteiger partial charge in [-0.3, -0.25) is 0 Å². The summed E-state index contributed by atoms with van der Waals surface area (Å²) in [5.74, 6) is 0. The van der Waals surface area contributed by atoms with Crippen LogP contribution in [-0.4, -0.2) is 28.1 Å². The van der Waals surface area contributed by atoms with Gasteiger partial charge in [0.05, 0.1) is 0 Å². The summed E-state index contributed by atoms with van der Waals surface area (Å²) in [6.07, 6.45) is 29.0. The van der Waals surface area contributed by atoms with Crippen molar-refractivity contribution in [2.75, 3.05) is 6.61 Å². The van der Waals surface area contributed by atoms with E-state index < -0.39 is 0 Å². The summed E-state index contributed by atoms with van der Waals surface area (Å²) < 4.78 is 6.05. The van der Waals surface area contributed by atoms with Gasteiger partial charge in [-0.2, -0.15) is 0 Å². The Hall–Kier alpha value is 0.137. The molecule has 1 aliphatic rings. The van der Waals surface area contributed by atoms with Gasteiger partial charge in [-0.1, -0.05) is 103 Å². The number of nitrogens with two attached hydrogens (primary N) is 1. The lowest BCUT2D eigenvalue weighted by Crippen LogP contribution is -2.38. The minimum atomic E-state index is 0.255. The van der Waals surface area contributed by atoms with Crippen LogP contribution in [0.1, 0.15) is 142 Å². The van der Waals surface area contributed by atoms with Crippen LogP contribution in [0.3, 0.4) is 0 Å². The van der Waals surface area contributed by atoms with Crippen molar-refractivity contribution < 1.29 is 4.74 Å². The standard InChI is InChI=1S/C25H53NOSi/c1-2-3-4-5-6-7-8-9-10-11-12-13-14-15-16-19-24(26)20-22-25(28)21-17-18-23-27-25/h24H,2-23,26H2,1,28H3. The molecule has 2 N–H and O–H groups in total. The van der Waals surface area contributed by atoms with Gasteiger partial charge in [0.15, 0.2) is 0 Å². The van der Waals surface area contributed by atoms with Crippen molar-refractivity contribution in [3.63, 3.8) is 0 Å². The molecule has 0 aromatic carbocycles. The molecule has 0 bridgehead atoms. The largest absolute Gasteiger partial charge is 0.380 e. The number of hydrogen-bond acceptors (Lipinski definition) is 2. The molecule has 1 heterocycles. The van der Waals surface area contributed by atoms with Crippen molar-refractivity contribution in [1.29, 1.82) is 0 Å². The summed E-state index contributed by atoms with van der Waals surface area (Å²) in [5.41, 5.74) is 6.36. The van der Waals surface area contributed by atoms with Gasteiger partial charge in [-0.25, -0.2) is 0 Å². The van der Waals surface area contributed by atoms with Gasteiger partial charge < -0.3 is 10.5 Å². The van der Waals surface area contributed by atoms with Crippen molar-refractivity contribution >= 4 is 10.2 Å². The van der Waals surface area contributed by atoms with Crippen LogP contribution in [0.2, 0.25) is 0 Å². The molecule has 0 aromatic rings. The van der Waals surface area contributed by atoms with Crippen LogP contribution in [-0.2, 0) is 4.74 Å². The van der Waals surface area contributed by atoms with Crippen LogP contribution in [0.25, 0.3) is 0 Å². The number of ether oxygens (including phenoxy) is 1. The van der Waals surface area contributed by atoms with E-state index in [4.69, 9.17) is 10.5 Å². The predicted molar refractivity (Wildman–Crippen MR) is 129 cm³/mol. The highest BCUT2D eigenvalue weighted by molar-refractivity contribution is 6.14. The second kappa shape index (κ2) is 17.9. The van der Waals surface area contributed by atoms with Crippen LogP contribution >= 0.6 is 0 Å². The summed E-state index contributed by atoms with van der Waals surface area (Å²) in [4.78, 5) is 0. The van der Waals surface area contributed by atoms with E-state index in [0.717, 1.165) is 16.8 Å². The fraction of sp³-hybridized carbons (Fsp3) is 1.00. The van der Waals surface area contributed by atoms with Crippen LogP contribution in [0.15, 0.2) is 0 Å². The Bertz CT molecular complexity index is 331. The molecule has 0 aliphatic carbocycles. The molecule has 1 aliphatic heterocycles. The Morgan fingerprint density at radius 3 is 1.71 bits per heavy atom. The Balaban J connectivity index is 1.77. The Morgan fingerprint density at radius 2 is 1.25 bits per heavy atom. The molecule has 3 heteroatoms. The first-order valence-electron chi connectivity index (χ1n) is 13.1. The maximum absolute atomic E-state index is 6.36. The third-order valence-electron chi connectivity index (χ3n) is 6.77. The number of hydrogen-bond donors (Lipinski definition) is 1. The van der Waals surface area contributed by atoms with Crippen molar-refractivity contribution in [1.82, 2.24) is 0 Å². The van der Waals surface area contributed by atoms with E-state index in [0.29, 0.717) is 6.04 Å². The fourth-order valence-electron chi connectivity index (χ4n) is 4.60. The third-order valence-corrected chi connectivity index (χ3v) is 8.06. The number of unbranched alkanes of at least 4 members (excludes halogenated alkanes) is 14. The Kier molecular flexibility index (Phi) is 16.8. The lowest BCUT2D eigenvalue weighted by atomic mass is 9.97. The van der Waals surface area contributed by atoms with Gasteiger partial charge in [0.2, 0.25) is 0 Å². The van der Waals surface area contributed by atoms with Gasteiger partial charge in [0, 0.05) is 28.1 Å². The van der Waals surface area contributed by atoms with Gasteiger partial charge in [-0.15, -0.1) is 0 Å². The normalized spacial score (nSPS) is 21.2. The maximum atomic E-state index is 6.36. The molecule has 1 rings (SSSR count). The third kappa shape index (κ3) is 15.0. The quantitative estimate of drug-likeness (QED) is 0.191. The zero-order valence-corrected chi connectivity index (χ0v) is 21.6. The zero-order valence-electron chi connectivity index (χ0n) is 19.6. The van der Waals surface area contributed by atoms with E-state index >= 15 is 0 Å². The minimum Gasteiger partial charge on any atom is -0.380 e. The van der Waals surface area contributed by atoms with Crippen LogP contribution < -0.4 is 5.73 Å². The Labute approximate surface area is 180 Å². The molecule has 1 fully saturated rings. The van der Waals surface area contributed by atoms with Gasteiger partial charge in [-0.05, 0) is 38.5 Å². The molecule has 28 heavy (non-hydrogen) atoms. The zero-order chi connectivity index (χ0) is 20.3. The second-order valence-electron chi connectivity index (χ2n) is 9.79. The van der Waals surface area contributed by atoms with Gasteiger partial charge in [0.1, 0.15) is 0 Å². The van der Waals surface area contributed by atoms with Crippen LogP contribution in [0.4, 0.5) is 0 Å². The molecule has 0 radical (unpaired) electrons. The molecule has 168 valence electrons. The topological polar surface area (TPSA) is 35.2 Å². The molecular formula is C25H53NOSi. The summed E-state index contributed by atoms with van der Waals surface area (Å²) in [5, 5.41) is 0.255. The van der Waals surface area contributed by atoms with Gasteiger partial charge >= 0.3 is 0 Å². The average Bonchev–Trinajstić information content (AvgIpc) is 2.70. The Morgan fingerprint density at radius 1 is 0.750 bits per heavy atom. The van der Waals surface area contributed by atoms with Gasteiger partial charge in [0.25, 0.3) is 0 Å². The molecule has 0 saturated carbocycles. The van der Waals surface area contributed by atoms with E-state index in [1.165, 1.54) is 135 Å². The molecule has 2 nitrogen and oxygen atoms in total. The van der Waals surface area contributed by atoms with Crippen molar-refractivity contribution in [3.8, 4) is 0 Å². The first-order valence-corrected chi connectivity index (χ1v) is 14.1. The molecule has 0 amide bonds. The average molecular weight is 412 g/mol.